The summed E-state index contributed by atoms with van der Waals surface area (Å²) in [6.07, 6.45) is 3.67. The summed E-state index contributed by atoms with van der Waals surface area (Å²) in [5.74, 6) is 2.05. The second-order valence-corrected chi connectivity index (χ2v) is 8.83. The fourth-order valence-corrected chi connectivity index (χ4v) is 4.48. The van der Waals surface area contributed by atoms with Crippen molar-refractivity contribution in [1.82, 2.24) is 10.6 Å². The third-order valence-electron chi connectivity index (χ3n) is 4.28. The van der Waals surface area contributed by atoms with E-state index in [0.29, 0.717) is 18.9 Å². The van der Waals surface area contributed by atoms with E-state index in [1.54, 1.807) is 0 Å². The number of aliphatic imine (C=N–C) groups is 1. The van der Waals surface area contributed by atoms with Crippen molar-refractivity contribution in [2.45, 2.75) is 45.6 Å². The lowest BCUT2D eigenvalue weighted by Gasteiger charge is -2.15. The molecule has 2 N–H and O–H groups in total. The topological polar surface area (TPSA) is 79.8 Å². The first kappa shape index (κ1) is 20.6. The average molecular weight is 382 g/mol. The normalized spacial score (nSPS) is 19.3. The van der Waals surface area contributed by atoms with Gasteiger partial charge in [0.2, 0.25) is 0 Å². The Morgan fingerprint density at radius 2 is 2.04 bits per heavy atom. The van der Waals surface area contributed by atoms with E-state index in [-0.39, 0.29) is 17.5 Å². The first-order valence-corrected chi connectivity index (χ1v) is 11.3. The van der Waals surface area contributed by atoms with Crippen molar-refractivity contribution in [3.05, 3.63) is 29.8 Å². The molecule has 26 heavy (non-hydrogen) atoms. The molecule has 1 aliphatic heterocycles. The van der Waals surface area contributed by atoms with Crippen molar-refractivity contribution < 1.29 is 13.2 Å². The lowest BCUT2D eigenvalue weighted by Crippen LogP contribution is -2.44. The van der Waals surface area contributed by atoms with E-state index in [9.17, 15) is 8.42 Å². The minimum atomic E-state index is -2.89. The first-order chi connectivity index (χ1) is 12.5. The number of benzene rings is 1. The van der Waals surface area contributed by atoms with Crippen LogP contribution in [0, 0.1) is 0 Å². The summed E-state index contributed by atoms with van der Waals surface area (Å²) in [5.41, 5.74) is 1.20. The van der Waals surface area contributed by atoms with E-state index in [0.717, 1.165) is 38.2 Å². The average Bonchev–Trinajstić information content (AvgIpc) is 2.95. The molecule has 1 unspecified atom stereocenters. The van der Waals surface area contributed by atoms with Crippen LogP contribution in [-0.2, 0) is 16.3 Å². The smallest absolute Gasteiger partial charge is 0.191 e. The summed E-state index contributed by atoms with van der Waals surface area (Å²) in [4.78, 5) is 4.57. The Kier molecular flexibility index (Phi) is 8.22. The molecule has 0 radical (unpaired) electrons. The van der Waals surface area contributed by atoms with Crippen molar-refractivity contribution in [3.8, 4) is 5.75 Å². The van der Waals surface area contributed by atoms with Crippen LogP contribution in [0.3, 0.4) is 0 Å². The second kappa shape index (κ2) is 10.4. The molecule has 0 aliphatic carbocycles. The maximum Gasteiger partial charge on any atom is 0.191 e. The van der Waals surface area contributed by atoms with E-state index >= 15 is 0 Å². The van der Waals surface area contributed by atoms with Crippen LogP contribution in [0.5, 0.6) is 5.75 Å². The summed E-state index contributed by atoms with van der Waals surface area (Å²) in [7, 11) is -2.89. The molecule has 0 aromatic heterocycles. The predicted octanol–water partition coefficient (Wildman–Crippen LogP) is 2.15. The SMILES string of the molecule is CCCCOc1ccc(CCN=C(NCC)NC2CCS(=O)(=O)C2)cc1. The van der Waals surface area contributed by atoms with E-state index in [4.69, 9.17) is 4.74 Å². The van der Waals surface area contributed by atoms with Crippen molar-refractivity contribution in [2.75, 3.05) is 31.2 Å². The Balaban J connectivity index is 1.81. The van der Waals surface area contributed by atoms with Gasteiger partial charge in [0.15, 0.2) is 15.8 Å². The minimum Gasteiger partial charge on any atom is -0.494 e. The molecular formula is C19H31N3O3S. The molecule has 1 saturated heterocycles. The van der Waals surface area contributed by atoms with Gasteiger partial charge in [0.25, 0.3) is 0 Å². The van der Waals surface area contributed by atoms with Gasteiger partial charge in [0.05, 0.1) is 18.1 Å². The molecule has 2 rings (SSSR count). The Morgan fingerprint density at radius 1 is 1.27 bits per heavy atom. The first-order valence-electron chi connectivity index (χ1n) is 9.49. The second-order valence-electron chi connectivity index (χ2n) is 6.60. The van der Waals surface area contributed by atoms with Crippen LogP contribution >= 0.6 is 0 Å². The van der Waals surface area contributed by atoms with Gasteiger partial charge in [-0.3, -0.25) is 4.99 Å². The van der Waals surface area contributed by atoms with Gasteiger partial charge in [-0.25, -0.2) is 8.42 Å². The summed E-state index contributed by atoms with van der Waals surface area (Å²) < 4.78 is 28.8. The molecule has 1 aromatic carbocycles. The number of hydrogen-bond acceptors (Lipinski definition) is 4. The van der Waals surface area contributed by atoms with Gasteiger partial charge < -0.3 is 15.4 Å². The van der Waals surface area contributed by atoms with Crippen molar-refractivity contribution in [3.63, 3.8) is 0 Å². The zero-order valence-corrected chi connectivity index (χ0v) is 16.6. The van der Waals surface area contributed by atoms with Crippen molar-refractivity contribution in [2.24, 2.45) is 4.99 Å². The van der Waals surface area contributed by atoms with Gasteiger partial charge in [-0.2, -0.15) is 0 Å². The molecule has 1 fully saturated rings. The number of hydrogen-bond donors (Lipinski definition) is 2. The summed E-state index contributed by atoms with van der Waals surface area (Å²) >= 11 is 0. The molecule has 0 amide bonds. The summed E-state index contributed by atoms with van der Waals surface area (Å²) in [6.45, 7) is 6.30. The number of unbranched alkanes of at least 4 members (excludes halogenated alkanes) is 1. The fraction of sp³-hybridized carbons (Fsp3) is 0.632. The summed E-state index contributed by atoms with van der Waals surface area (Å²) in [5, 5.41) is 6.42. The highest BCUT2D eigenvalue weighted by Crippen LogP contribution is 2.13. The van der Waals surface area contributed by atoms with Crippen molar-refractivity contribution in [1.29, 1.82) is 0 Å². The molecule has 1 aliphatic rings. The van der Waals surface area contributed by atoms with Gasteiger partial charge >= 0.3 is 0 Å². The molecule has 1 heterocycles. The lowest BCUT2D eigenvalue weighted by molar-refractivity contribution is 0.309. The maximum absolute atomic E-state index is 11.6. The number of nitrogens with one attached hydrogen (secondary N) is 2. The summed E-state index contributed by atoms with van der Waals surface area (Å²) in [6, 6.07) is 8.10. The standard InChI is InChI=1S/C19H31N3O3S/c1-3-5-13-25-18-8-6-16(7-9-18)10-12-21-19(20-4-2)22-17-11-14-26(23,24)15-17/h6-9,17H,3-5,10-15H2,1-2H3,(H2,20,21,22). The predicted molar refractivity (Wildman–Crippen MR) is 107 cm³/mol. The minimum absolute atomic E-state index is 0.0441. The van der Waals surface area contributed by atoms with Crippen LogP contribution < -0.4 is 15.4 Å². The van der Waals surface area contributed by atoms with Gasteiger partial charge in [-0.1, -0.05) is 25.5 Å². The molecule has 7 heteroatoms. The Morgan fingerprint density at radius 3 is 2.65 bits per heavy atom. The number of nitrogens with zero attached hydrogens (tertiary/aromatic N) is 1. The van der Waals surface area contributed by atoms with Gasteiger partial charge in [-0.15, -0.1) is 0 Å². The number of sulfone groups is 1. The number of rotatable bonds is 9. The highest BCUT2D eigenvalue weighted by molar-refractivity contribution is 7.91. The zero-order valence-electron chi connectivity index (χ0n) is 15.8. The fourth-order valence-electron chi connectivity index (χ4n) is 2.81. The Hall–Kier alpha value is -1.76. The molecular weight excluding hydrogens is 350 g/mol. The van der Waals surface area contributed by atoms with Gasteiger partial charge in [-0.05, 0) is 43.9 Å². The molecule has 6 nitrogen and oxygen atoms in total. The van der Waals surface area contributed by atoms with Crippen LogP contribution in [-0.4, -0.2) is 51.6 Å². The molecule has 0 spiro atoms. The van der Waals surface area contributed by atoms with E-state index in [1.165, 1.54) is 5.56 Å². The quantitative estimate of drug-likeness (QED) is 0.389. The lowest BCUT2D eigenvalue weighted by atomic mass is 10.1. The third-order valence-corrected chi connectivity index (χ3v) is 6.05. The molecule has 1 atom stereocenters. The Labute approximate surface area is 157 Å². The maximum atomic E-state index is 11.6. The molecule has 1 aromatic rings. The monoisotopic (exact) mass is 381 g/mol. The van der Waals surface area contributed by atoms with Crippen LogP contribution in [0.2, 0.25) is 0 Å². The molecule has 146 valence electrons. The van der Waals surface area contributed by atoms with Crippen molar-refractivity contribution >= 4 is 15.8 Å². The third kappa shape index (κ3) is 7.23. The highest BCUT2D eigenvalue weighted by atomic mass is 32.2. The molecule has 0 bridgehead atoms. The largest absolute Gasteiger partial charge is 0.494 e. The number of ether oxygens (including phenoxy) is 1. The van der Waals surface area contributed by atoms with Gasteiger partial charge in [0.1, 0.15) is 5.75 Å². The Bertz CT molecular complexity index is 672. The zero-order chi connectivity index (χ0) is 18.8. The van der Waals surface area contributed by atoms with E-state index in [1.807, 2.05) is 19.1 Å². The van der Waals surface area contributed by atoms with Crippen LogP contribution in [0.1, 0.15) is 38.7 Å². The van der Waals surface area contributed by atoms with Crippen LogP contribution in [0.15, 0.2) is 29.3 Å². The number of guanidine groups is 1. The van der Waals surface area contributed by atoms with E-state index < -0.39 is 9.84 Å². The van der Waals surface area contributed by atoms with Gasteiger partial charge in [0, 0.05) is 19.1 Å². The molecule has 0 saturated carbocycles. The van der Waals surface area contributed by atoms with Crippen LogP contribution in [0.25, 0.3) is 0 Å². The highest BCUT2D eigenvalue weighted by Gasteiger charge is 2.28. The van der Waals surface area contributed by atoms with Crippen LogP contribution in [0.4, 0.5) is 0 Å². The van der Waals surface area contributed by atoms with E-state index in [2.05, 4.69) is 34.7 Å².